The van der Waals surface area contributed by atoms with Gasteiger partial charge in [0.1, 0.15) is 11.6 Å². The van der Waals surface area contributed by atoms with E-state index in [9.17, 15) is 9.59 Å². The van der Waals surface area contributed by atoms with Gasteiger partial charge in [-0.05, 0) is 52.9 Å². The molecular formula is C22H35N5O5. The number of aromatic nitrogens is 2. The van der Waals surface area contributed by atoms with Crippen LogP contribution in [0.1, 0.15) is 89.9 Å². The smallest absolute Gasteiger partial charge is 0.410 e. The SMILES string of the molecule is CCCCON1C(=O)N2C[C@@H]1CC[C@H]2c1nc(C2CCN(C(=O)OC(C)(C)C)CC2)no1. The minimum atomic E-state index is -0.501. The predicted molar refractivity (Wildman–Crippen MR) is 115 cm³/mol. The number of nitrogens with zero attached hydrogens (tertiary/aromatic N) is 5. The topological polar surface area (TPSA) is 101 Å². The van der Waals surface area contributed by atoms with Crippen molar-refractivity contribution in [3.63, 3.8) is 0 Å². The Kier molecular flexibility index (Phi) is 6.60. The maximum Gasteiger partial charge on any atom is 0.410 e. The summed E-state index contributed by atoms with van der Waals surface area (Å²) in [6.07, 6.45) is 4.83. The van der Waals surface area contributed by atoms with E-state index in [1.54, 1.807) is 14.9 Å². The third-order valence-electron chi connectivity index (χ3n) is 6.31. The van der Waals surface area contributed by atoms with Crippen molar-refractivity contribution in [2.45, 2.75) is 89.8 Å². The molecule has 32 heavy (non-hydrogen) atoms. The molecule has 0 aliphatic carbocycles. The molecule has 1 aromatic heterocycles. The van der Waals surface area contributed by atoms with Crippen LogP contribution in [0.25, 0.3) is 0 Å². The summed E-state index contributed by atoms with van der Waals surface area (Å²) in [4.78, 5) is 39.1. The molecule has 3 amide bonds. The molecule has 3 fully saturated rings. The standard InChI is InChI=1S/C22H35N5O5/c1-5-6-13-30-27-16-7-8-17(26(14-16)20(27)28)19-23-18(24-32-19)15-9-11-25(12-10-15)21(29)31-22(2,3)4/h15-17H,5-14H2,1-4H3/t16-,17-/m0/s1. The van der Waals surface area contributed by atoms with Gasteiger partial charge >= 0.3 is 12.1 Å². The van der Waals surface area contributed by atoms with Crippen molar-refractivity contribution in [2.75, 3.05) is 26.2 Å². The molecule has 0 saturated carbocycles. The van der Waals surface area contributed by atoms with Crippen LogP contribution in [0.15, 0.2) is 4.52 Å². The van der Waals surface area contributed by atoms with E-state index in [0.29, 0.717) is 38.0 Å². The van der Waals surface area contributed by atoms with Gasteiger partial charge in [-0.25, -0.2) is 9.59 Å². The molecule has 0 spiro atoms. The van der Waals surface area contributed by atoms with Gasteiger partial charge in [-0.3, -0.25) is 4.84 Å². The van der Waals surface area contributed by atoms with Crippen LogP contribution >= 0.6 is 0 Å². The molecule has 3 saturated heterocycles. The lowest BCUT2D eigenvalue weighted by atomic mass is 9.96. The van der Waals surface area contributed by atoms with Crippen molar-refractivity contribution in [1.29, 1.82) is 0 Å². The number of amides is 3. The number of hydrogen-bond acceptors (Lipinski definition) is 7. The predicted octanol–water partition coefficient (Wildman–Crippen LogP) is 3.86. The molecule has 1 aromatic rings. The third kappa shape index (κ3) is 4.84. The third-order valence-corrected chi connectivity index (χ3v) is 6.31. The number of carbonyl (C=O) groups excluding carboxylic acids is 2. The molecule has 3 aliphatic rings. The molecule has 0 radical (unpaired) electrons. The van der Waals surface area contributed by atoms with E-state index in [2.05, 4.69) is 17.1 Å². The molecule has 2 atom stereocenters. The van der Waals surface area contributed by atoms with E-state index in [-0.39, 0.29) is 30.1 Å². The average molecular weight is 450 g/mol. The summed E-state index contributed by atoms with van der Waals surface area (Å²) in [5.41, 5.74) is -0.501. The Morgan fingerprint density at radius 1 is 1.19 bits per heavy atom. The summed E-state index contributed by atoms with van der Waals surface area (Å²) >= 11 is 0. The van der Waals surface area contributed by atoms with E-state index in [4.69, 9.17) is 14.1 Å². The molecular weight excluding hydrogens is 414 g/mol. The summed E-state index contributed by atoms with van der Waals surface area (Å²) in [5.74, 6) is 1.29. The Bertz CT molecular complexity index is 814. The minimum absolute atomic E-state index is 0.0928. The van der Waals surface area contributed by atoms with Gasteiger partial charge < -0.3 is 19.1 Å². The summed E-state index contributed by atoms with van der Waals surface area (Å²) in [6.45, 7) is 10.1. The number of hydroxylamine groups is 2. The first-order valence-electron chi connectivity index (χ1n) is 11.8. The van der Waals surface area contributed by atoms with E-state index < -0.39 is 5.60 Å². The maximum absolute atomic E-state index is 12.9. The number of rotatable bonds is 6. The zero-order chi connectivity index (χ0) is 22.9. The summed E-state index contributed by atoms with van der Waals surface area (Å²) in [6, 6.07) is -0.226. The summed E-state index contributed by atoms with van der Waals surface area (Å²) < 4.78 is 11.1. The molecule has 0 unspecified atom stereocenters. The van der Waals surface area contributed by atoms with E-state index in [1.807, 2.05) is 20.8 Å². The number of hydrogen-bond donors (Lipinski definition) is 0. The van der Waals surface area contributed by atoms with Crippen LogP contribution in [0.2, 0.25) is 0 Å². The van der Waals surface area contributed by atoms with Crippen LogP contribution in [0, 0.1) is 0 Å². The molecule has 4 heterocycles. The van der Waals surface area contributed by atoms with Crippen LogP contribution < -0.4 is 0 Å². The Morgan fingerprint density at radius 3 is 2.62 bits per heavy atom. The van der Waals surface area contributed by atoms with Gasteiger partial charge in [-0.15, -0.1) is 0 Å². The van der Waals surface area contributed by atoms with Crippen molar-refractivity contribution in [2.24, 2.45) is 0 Å². The van der Waals surface area contributed by atoms with Gasteiger partial charge in [-0.1, -0.05) is 18.5 Å². The summed E-state index contributed by atoms with van der Waals surface area (Å²) in [7, 11) is 0. The van der Waals surface area contributed by atoms with Gasteiger partial charge in [0, 0.05) is 25.6 Å². The number of piperidine rings is 2. The lowest BCUT2D eigenvalue weighted by Gasteiger charge is -2.32. The van der Waals surface area contributed by atoms with Gasteiger partial charge in [0.25, 0.3) is 0 Å². The molecule has 4 rings (SSSR count). The van der Waals surface area contributed by atoms with E-state index >= 15 is 0 Å². The molecule has 10 nitrogen and oxygen atoms in total. The molecule has 0 N–H and O–H groups in total. The highest BCUT2D eigenvalue weighted by atomic mass is 16.7. The maximum atomic E-state index is 12.9. The highest BCUT2D eigenvalue weighted by molar-refractivity contribution is 5.77. The Hall–Kier alpha value is -2.36. The van der Waals surface area contributed by atoms with Crippen molar-refractivity contribution in [3.05, 3.63) is 11.7 Å². The van der Waals surface area contributed by atoms with Gasteiger partial charge in [0.15, 0.2) is 5.82 Å². The monoisotopic (exact) mass is 449 g/mol. The van der Waals surface area contributed by atoms with Gasteiger partial charge in [-0.2, -0.15) is 10.0 Å². The van der Waals surface area contributed by atoms with Gasteiger partial charge in [0.2, 0.25) is 5.89 Å². The first-order valence-corrected chi connectivity index (χ1v) is 11.8. The highest BCUT2D eigenvalue weighted by Crippen LogP contribution is 2.38. The lowest BCUT2D eigenvalue weighted by Crippen LogP contribution is -2.41. The lowest BCUT2D eigenvalue weighted by molar-refractivity contribution is -0.130. The van der Waals surface area contributed by atoms with E-state index in [1.165, 1.54) is 0 Å². The Labute approximate surface area is 189 Å². The molecule has 0 aromatic carbocycles. The van der Waals surface area contributed by atoms with E-state index in [0.717, 1.165) is 38.5 Å². The fourth-order valence-corrected chi connectivity index (χ4v) is 4.56. The first kappa shape index (κ1) is 22.8. The number of urea groups is 1. The average Bonchev–Trinajstić information content (AvgIpc) is 3.33. The van der Waals surface area contributed by atoms with Crippen molar-refractivity contribution < 1.29 is 23.7 Å². The second-order valence-electron chi connectivity index (χ2n) is 9.93. The Morgan fingerprint density at radius 2 is 1.94 bits per heavy atom. The van der Waals surface area contributed by atoms with Crippen LogP contribution in [0.4, 0.5) is 9.59 Å². The van der Waals surface area contributed by atoms with Crippen LogP contribution in [0.3, 0.4) is 0 Å². The molecule has 178 valence electrons. The molecule has 2 bridgehead atoms. The normalized spacial score (nSPS) is 24.4. The minimum Gasteiger partial charge on any atom is -0.444 e. The van der Waals surface area contributed by atoms with Gasteiger partial charge in [0.05, 0.1) is 12.6 Å². The van der Waals surface area contributed by atoms with Crippen LogP contribution in [0.5, 0.6) is 0 Å². The fraction of sp³-hybridized carbons (Fsp3) is 0.818. The number of unbranched alkanes of at least 4 members (excludes halogenated alkanes) is 1. The second-order valence-corrected chi connectivity index (χ2v) is 9.93. The van der Waals surface area contributed by atoms with Crippen LogP contribution in [-0.2, 0) is 9.57 Å². The fourth-order valence-electron chi connectivity index (χ4n) is 4.56. The quantitative estimate of drug-likeness (QED) is 0.608. The van der Waals surface area contributed by atoms with Crippen LogP contribution in [-0.4, -0.2) is 75.0 Å². The number of fused-ring (bicyclic) bond motifs is 2. The summed E-state index contributed by atoms with van der Waals surface area (Å²) in [5, 5.41) is 5.77. The van der Waals surface area contributed by atoms with Crippen molar-refractivity contribution in [1.82, 2.24) is 25.0 Å². The number of ether oxygens (including phenoxy) is 1. The molecule has 3 aliphatic heterocycles. The zero-order valence-electron chi connectivity index (χ0n) is 19.6. The van der Waals surface area contributed by atoms with Crippen molar-refractivity contribution in [3.8, 4) is 0 Å². The molecule has 10 heteroatoms. The largest absolute Gasteiger partial charge is 0.444 e. The zero-order valence-corrected chi connectivity index (χ0v) is 19.6. The number of carbonyl (C=O) groups is 2. The second kappa shape index (κ2) is 9.25. The Balaban J connectivity index is 1.34. The number of likely N-dealkylation sites (tertiary alicyclic amines) is 1. The first-order chi connectivity index (χ1) is 15.3. The van der Waals surface area contributed by atoms with Crippen molar-refractivity contribution >= 4 is 12.1 Å². The highest BCUT2D eigenvalue weighted by Gasteiger charge is 2.48.